The summed E-state index contributed by atoms with van der Waals surface area (Å²) < 4.78 is 33.3. The molecular formula is C9H14BrN3O3S. The molecule has 0 aliphatic carbocycles. The molecule has 96 valence electrons. The van der Waals surface area contributed by atoms with Crippen LogP contribution in [0.5, 0.6) is 0 Å². The van der Waals surface area contributed by atoms with Gasteiger partial charge in [0.05, 0.1) is 18.0 Å². The van der Waals surface area contributed by atoms with E-state index in [1.807, 2.05) is 0 Å². The first kappa shape index (κ1) is 14.4. The van der Waals surface area contributed by atoms with Gasteiger partial charge in [0.1, 0.15) is 4.60 Å². The van der Waals surface area contributed by atoms with Crippen LogP contribution in [0.1, 0.15) is 5.69 Å². The van der Waals surface area contributed by atoms with Gasteiger partial charge in [0.15, 0.2) is 0 Å². The van der Waals surface area contributed by atoms with E-state index in [2.05, 4.69) is 30.4 Å². The summed E-state index contributed by atoms with van der Waals surface area (Å²) in [4.78, 5) is 4.09. The highest BCUT2D eigenvalue weighted by atomic mass is 79.9. The normalized spacial score (nSPS) is 11.5. The summed E-state index contributed by atoms with van der Waals surface area (Å²) in [6.07, 6.45) is 0. The topological polar surface area (TPSA) is 80.3 Å². The average Bonchev–Trinajstić information content (AvgIpc) is 2.22. The van der Waals surface area contributed by atoms with Crippen LogP contribution in [0.25, 0.3) is 0 Å². The zero-order valence-corrected chi connectivity index (χ0v) is 11.9. The molecule has 0 unspecified atom stereocenters. The summed E-state index contributed by atoms with van der Waals surface area (Å²) in [5.74, 6) is 0. The second kappa shape index (κ2) is 6.29. The van der Waals surface area contributed by atoms with Gasteiger partial charge < -0.3 is 4.74 Å². The van der Waals surface area contributed by atoms with Crippen LogP contribution in [0.2, 0.25) is 0 Å². The first-order valence-electron chi connectivity index (χ1n) is 4.84. The number of anilines is 1. The van der Waals surface area contributed by atoms with Gasteiger partial charge in [0, 0.05) is 13.7 Å². The number of nitrogens with one attached hydrogen (secondary N) is 2. The molecule has 0 saturated heterocycles. The molecule has 1 aromatic heterocycles. The second-order valence-electron chi connectivity index (χ2n) is 3.26. The van der Waals surface area contributed by atoms with Gasteiger partial charge in [0.25, 0.3) is 10.2 Å². The van der Waals surface area contributed by atoms with Gasteiger partial charge in [-0.2, -0.15) is 13.1 Å². The number of methoxy groups -OCH3 is 1. The van der Waals surface area contributed by atoms with Crippen LogP contribution in [-0.2, 0) is 14.9 Å². The monoisotopic (exact) mass is 323 g/mol. The number of nitrogens with zero attached hydrogens (tertiary/aromatic N) is 1. The first-order valence-corrected chi connectivity index (χ1v) is 7.12. The highest BCUT2D eigenvalue weighted by molar-refractivity contribution is 9.10. The fourth-order valence-corrected chi connectivity index (χ4v) is 2.42. The lowest BCUT2D eigenvalue weighted by Crippen LogP contribution is -2.32. The van der Waals surface area contributed by atoms with E-state index in [-0.39, 0.29) is 6.54 Å². The van der Waals surface area contributed by atoms with Crippen LogP contribution in [-0.4, -0.2) is 33.7 Å². The lowest BCUT2D eigenvalue weighted by molar-refractivity contribution is 0.204. The van der Waals surface area contributed by atoms with Crippen molar-refractivity contribution in [2.45, 2.75) is 6.92 Å². The molecule has 6 nitrogen and oxygen atoms in total. The number of aryl methyl sites for hydroxylation is 1. The largest absolute Gasteiger partial charge is 0.383 e. The molecule has 0 aromatic carbocycles. The van der Waals surface area contributed by atoms with E-state index in [0.29, 0.717) is 22.6 Å². The van der Waals surface area contributed by atoms with E-state index in [1.54, 1.807) is 19.1 Å². The maximum Gasteiger partial charge on any atom is 0.299 e. The zero-order chi connectivity index (χ0) is 12.9. The maximum atomic E-state index is 11.6. The van der Waals surface area contributed by atoms with Gasteiger partial charge in [-0.3, -0.25) is 4.72 Å². The third-order valence-electron chi connectivity index (χ3n) is 1.89. The molecule has 0 amide bonds. The van der Waals surface area contributed by atoms with E-state index >= 15 is 0 Å². The zero-order valence-electron chi connectivity index (χ0n) is 9.53. The molecule has 0 saturated carbocycles. The van der Waals surface area contributed by atoms with Crippen LogP contribution in [0.3, 0.4) is 0 Å². The predicted molar refractivity (Wildman–Crippen MR) is 69.1 cm³/mol. The third-order valence-corrected chi connectivity index (χ3v) is 3.41. The van der Waals surface area contributed by atoms with Crippen molar-refractivity contribution in [3.63, 3.8) is 0 Å². The molecule has 2 N–H and O–H groups in total. The van der Waals surface area contributed by atoms with E-state index in [4.69, 9.17) is 4.74 Å². The highest BCUT2D eigenvalue weighted by Crippen LogP contribution is 2.16. The molecule has 1 aromatic rings. The summed E-state index contributed by atoms with van der Waals surface area (Å²) in [6, 6.07) is 3.31. The van der Waals surface area contributed by atoms with Gasteiger partial charge in [0.2, 0.25) is 0 Å². The van der Waals surface area contributed by atoms with Crippen LogP contribution < -0.4 is 9.44 Å². The van der Waals surface area contributed by atoms with E-state index in [1.165, 1.54) is 7.11 Å². The van der Waals surface area contributed by atoms with E-state index in [0.717, 1.165) is 0 Å². The molecule has 0 aliphatic heterocycles. The summed E-state index contributed by atoms with van der Waals surface area (Å²) >= 11 is 3.21. The minimum Gasteiger partial charge on any atom is -0.383 e. The number of pyridine rings is 1. The fraction of sp³-hybridized carbons (Fsp3) is 0.444. The van der Waals surface area contributed by atoms with Crippen LogP contribution >= 0.6 is 15.9 Å². The number of halogens is 1. The summed E-state index contributed by atoms with van der Waals surface area (Å²) in [6.45, 7) is 2.26. The lowest BCUT2D eigenvalue weighted by atomic mass is 10.3. The van der Waals surface area contributed by atoms with Gasteiger partial charge in [-0.15, -0.1) is 0 Å². The summed E-state index contributed by atoms with van der Waals surface area (Å²) in [5, 5.41) is 0. The quantitative estimate of drug-likeness (QED) is 0.605. The molecule has 8 heteroatoms. The summed E-state index contributed by atoms with van der Waals surface area (Å²) in [5.41, 5.74) is 1.04. The third kappa shape index (κ3) is 4.99. The Bertz CT molecular complexity index is 478. The molecule has 0 aliphatic rings. The number of rotatable bonds is 6. The Morgan fingerprint density at radius 2 is 2.18 bits per heavy atom. The van der Waals surface area contributed by atoms with Crippen molar-refractivity contribution < 1.29 is 13.2 Å². The minimum absolute atomic E-state index is 0.217. The predicted octanol–water partition coefficient (Wildman–Crippen LogP) is 1.05. The van der Waals surface area contributed by atoms with Crippen molar-refractivity contribution in [1.29, 1.82) is 0 Å². The second-order valence-corrected chi connectivity index (χ2v) is 5.57. The Balaban J connectivity index is 2.69. The molecule has 0 fully saturated rings. The Kier molecular flexibility index (Phi) is 5.31. The fourth-order valence-electron chi connectivity index (χ4n) is 1.10. The van der Waals surface area contributed by atoms with Crippen LogP contribution in [0, 0.1) is 6.92 Å². The van der Waals surface area contributed by atoms with E-state index in [9.17, 15) is 8.42 Å². The smallest absolute Gasteiger partial charge is 0.299 e. The van der Waals surface area contributed by atoms with Gasteiger partial charge in [-0.25, -0.2) is 4.98 Å². The molecule has 0 atom stereocenters. The van der Waals surface area contributed by atoms with E-state index < -0.39 is 10.2 Å². The number of ether oxygens (including phenoxy) is 1. The van der Waals surface area contributed by atoms with Crippen molar-refractivity contribution in [3.05, 3.63) is 22.4 Å². The number of aromatic nitrogens is 1. The van der Waals surface area contributed by atoms with Crippen LogP contribution in [0.15, 0.2) is 16.7 Å². The van der Waals surface area contributed by atoms with Crippen molar-refractivity contribution in [1.82, 2.24) is 9.71 Å². The number of hydrogen-bond donors (Lipinski definition) is 2. The highest BCUT2D eigenvalue weighted by Gasteiger charge is 2.11. The van der Waals surface area contributed by atoms with Gasteiger partial charge in [-0.1, -0.05) is 0 Å². The van der Waals surface area contributed by atoms with Gasteiger partial charge in [-0.05, 0) is 35.0 Å². The van der Waals surface area contributed by atoms with Crippen molar-refractivity contribution in [3.8, 4) is 0 Å². The molecule has 17 heavy (non-hydrogen) atoms. The maximum absolute atomic E-state index is 11.6. The van der Waals surface area contributed by atoms with Crippen molar-refractivity contribution in [2.24, 2.45) is 0 Å². The Morgan fingerprint density at radius 1 is 1.47 bits per heavy atom. The summed E-state index contributed by atoms with van der Waals surface area (Å²) in [7, 11) is -2.07. The molecule has 1 rings (SSSR count). The lowest BCUT2D eigenvalue weighted by Gasteiger charge is -2.10. The molecular weight excluding hydrogens is 310 g/mol. The SMILES string of the molecule is COCCNS(=O)(=O)Nc1ccc(Br)nc1C. The Morgan fingerprint density at radius 3 is 2.76 bits per heavy atom. The first-order chi connectivity index (χ1) is 7.94. The van der Waals surface area contributed by atoms with Gasteiger partial charge >= 0.3 is 0 Å². The molecule has 1 heterocycles. The molecule has 0 radical (unpaired) electrons. The molecule has 0 bridgehead atoms. The molecule has 0 spiro atoms. The minimum atomic E-state index is -3.58. The average molecular weight is 324 g/mol. The van der Waals surface area contributed by atoms with Crippen LogP contribution in [0.4, 0.5) is 5.69 Å². The van der Waals surface area contributed by atoms with Crippen molar-refractivity contribution in [2.75, 3.05) is 25.0 Å². The Hall–Kier alpha value is -0.700. The standard InChI is InChI=1S/C9H14BrN3O3S/c1-7-8(3-4-9(10)12-7)13-17(14,15)11-5-6-16-2/h3-4,11,13H,5-6H2,1-2H3. The van der Waals surface area contributed by atoms with Crippen molar-refractivity contribution >= 4 is 31.8 Å². The number of hydrogen-bond acceptors (Lipinski definition) is 4. The Labute approximate surface area is 109 Å².